The lowest BCUT2D eigenvalue weighted by Gasteiger charge is -2.15. The van der Waals surface area contributed by atoms with Crippen LogP contribution in [0.1, 0.15) is 51.3 Å². The van der Waals surface area contributed by atoms with Gasteiger partial charge in [-0.3, -0.25) is 0 Å². The molecule has 0 saturated carbocycles. The fourth-order valence-electron chi connectivity index (χ4n) is 1.56. The van der Waals surface area contributed by atoms with Gasteiger partial charge >= 0.3 is 0 Å². The van der Waals surface area contributed by atoms with Crippen LogP contribution < -0.4 is 9.46 Å². The molecule has 0 amide bonds. The van der Waals surface area contributed by atoms with Gasteiger partial charge < -0.3 is 13.8 Å². The monoisotopic (exact) mass is 378 g/mol. The van der Waals surface area contributed by atoms with Crippen LogP contribution in [-0.2, 0) is 11.4 Å². The minimum Gasteiger partial charge on any atom is -0.598 e. The predicted molar refractivity (Wildman–Crippen MR) is 88.6 cm³/mol. The van der Waals surface area contributed by atoms with E-state index in [1.807, 2.05) is 0 Å². The standard InChI is InChI=1S/C14H23BrN2O3S/c1-4-7-9-19-14-12(15)13(20-16-14)11(6-3)17-21(18)10-8-5-2/h6,11,17H,3-5,7-10H2,1-2H3/t11-,21?/m0/s1. The molecule has 0 aliphatic heterocycles. The summed E-state index contributed by atoms with van der Waals surface area (Å²) in [5.74, 6) is 1.56. The van der Waals surface area contributed by atoms with Crippen LogP contribution in [0.5, 0.6) is 5.88 Å². The SMILES string of the molecule is C=C[C@H](N[S+]([O-])CCCC)c1onc(OCCCC)c1Br. The highest BCUT2D eigenvalue weighted by molar-refractivity contribution is 9.10. The molecule has 0 bridgehead atoms. The lowest BCUT2D eigenvalue weighted by Crippen LogP contribution is -2.29. The number of aromatic nitrogens is 1. The van der Waals surface area contributed by atoms with Gasteiger partial charge in [0.05, 0.1) is 6.61 Å². The van der Waals surface area contributed by atoms with Crippen molar-refractivity contribution in [2.45, 2.75) is 45.6 Å². The Kier molecular flexibility index (Phi) is 9.07. The lowest BCUT2D eigenvalue weighted by molar-refractivity contribution is 0.268. The van der Waals surface area contributed by atoms with Crippen molar-refractivity contribution >= 4 is 27.3 Å². The van der Waals surface area contributed by atoms with Crippen molar-refractivity contribution in [2.75, 3.05) is 12.4 Å². The van der Waals surface area contributed by atoms with E-state index >= 15 is 0 Å². The second-order valence-electron chi connectivity index (χ2n) is 4.60. The molecule has 1 heterocycles. The maximum atomic E-state index is 11.9. The molecule has 0 saturated heterocycles. The van der Waals surface area contributed by atoms with E-state index in [-0.39, 0.29) is 6.04 Å². The Bertz CT molecular complexity index is 428. The average Bonchev–Trinajstić information content (AvgIpc) is 2.84. The third-order valence-electron chi connectivity index (χ3n) is 2.83. The minimum absolute atomic E-state index is 0.368. The van der Waals surface area contributed by atoms with Crippen molar-refractivity contribution in [3.8, 4) is 5.88 Å². The summed E-state index contributed by atoms with van der Waals surface area (Å²) in [4.78, 5) is 0. The second kappa shape index (κ2) is 10.3. The Morgan fingerprint density at radius 1 is 1.48 bits per heavy atom. The van der Waals surface area contributed by atoms with Crippen LogP contribution in [0.4, 0.5) is 0 Å². The van der Waals surface area contributed by atoms with Crippen LogP contribution >= 0.6 is 15.9 Å². The Balaban J connectivity index is 2.66. The molecule has 1 rings (SSSR count). The predicted octanol–water partition coefficient (Wildman–Crippen LogP) is 3.90. The van der Waals surface area contributed by atoms with E-state index in [0.29, 0.717) is 28.5 Å². The van der Waals surface area contributed by atoms with Gasteiger partial charge in [0.1, 0.15) is 16.3 Å². The molecule has 1 aromatic rings. The van der Waals surface area contributed by atoms with Crippen LogP contribution in [0.3, 0.4) is 0 Å². The van der Waals surface area contributed by atoms with Gasteiger partial charge in [-0.1, -0.05) is 32.8 Å². The summed E-state index contributed by atoms with van der Waals surface area (Å²) >= 11 is 2.29. The van der Waals surface area contributed by atoms with Crippen LogP contribution in [0, 0.1) is 0 Å². The number of nitrogens with zero attached hydrogens (tertiary/aromatic N) is 1. The summed E-state index contributed by atoms with van der Waals surface area (Å²) in [6.07, 6.45) is 5.57. The van der Waals surface area contributed by atoms with E-state index in [1.165, 1.54) is 0 Å². The topological polar surface area (TPSA) is 70.3 Å². The Morgan fingerprint density at radius 3 is 2.81 bits per heavy atom. The number of unbranched alkanes of at least 4 members (excludes halogenated alkanes) is 2. The zero-order chi connectivity index (χ0) is 15.7. The van der Waals surface area contributed by atoms with Crippen molar-refractivity contribution in [1.82, 2.24) is 9.88 Å². The summed E-state index contributed by atoms with van der Waals surface area (Å²) in [6.45, 7) is 8.50. The van der Waals surface area contributed by atoms with Crippen molar-refractivity contribution < 1.29 is 13.8 Å². The van der Waals surface area contributed by atoms with Gasteiger partial charge in [-0.25, -0.2) is 0 Å². The van der Waals surface area contributed by atoms with Gasteiger partial charge in [-0.15, -0.1) is 11.3 Å². The number of ether oxygens (including phenoxy) is 1. The molecule has 0 radical (unpaired) electrons. The highest BCUT2D eigenvalue weighted by Crippen LogP contribution is 2.33. The van der Waals surface area contributed by atoms with Gasteiger partial charge in [0.15, 0.2) is 5.76 Å². The number of halogens is 1. The fraction of sp³-hybridized carbons (Fsp3) is 0.643. The Morgan fingerprint density at radius 2 is 2.19 bits per heavy atom. The third kappa shape index (κ3) is 6.02. The molecular weight excluding hydrogens is 356 g/mol. The first-order chi connectivity index (χ1) is 10.1. The largest absolute Gasteiger partial charge is 0.598 e. The highest BCUT2D eigenvalue weighted by Gasteiger charge is 2.25. The van der Waals surface area contributed by atoms with Gasteiger partial charge in [0.25, 0.3) is 5.88 Å². The van der Waals surface area contributed by atoms with Crippen molar-refractivity contribution in [2.24, 2.45) is 0 Å². The molecule has 0 fully saturated rings. The van der Waals surface area contributed by atoms with E-state index in [2.05, 4.69) is 46.2 Å². The van der Waals surface area contributed by atoms with E-state index < -0.39 is 11.4 Å². The van der Waals surface area contributed by atoms with Crippen LogP contribution in [-0.4, -0.2) is 22.1 Å². The van der Waals surface area contributed by atoms with E-state index in [9.17, 15) is 4.55 Å². The first kappa shape index (κ1) is 18.5. The molecule has 120 valence electrons. The summed E-state index contributed by atoms with van der Waals surface area (Å²) in [7, 11) is 0. The number of hydrogen-bond donors (Lipinski definition) is 1. The summed E-state index contributed by atoms with van der Waals surface area (Å²) in [5.41, 5.74) is 0. The fourth-order valence-corrected chi connectivity index (χ4v) is 3.22. The third-order valence-corrected chi connectivity index (χ3v) is 4.73. The summed E-state index contributed by atoms with van der Waals surface area (Å²) in [5, 5.41) is 3.90. The van der Waals surface area contributed by atoms with E-state index in [0.717, 1.165) is 25.7 Å². The zero-order valence-electron chi connectivity index (χ0n) is 12.6. The van der Waals surface area contributed by atoms with Crippen molar-refractivity contribution in [3.63, 3.8) is 0 Å². The summed E-state index contributed by atoms with van der Waals surface area (Å²) in [6, 6.07) is -0.368. The first-order valence-corrected chi connectivity index (χ1v) is 9.30. The van der Waals surface area contributed by atoms with Gasteiger partial charge in [-0.2, -0.15) is 0 Å². The lowest BCUT2D eigenvalue weighted by atomic mass is 10.2. The molecule has 0 aliphatic rings. The zero-order valence-corrected chi connectivity index (χ0v) is 15.0. The molecule has 2 atom stereocenters. The molecule has 1 unspecified atom stereocenters. The Hall–Kier alpha value is -0.500. The smallest absolute Gasteiger partial charge is 0.268 e. The number of nitrogens with one attached hydrogen (secondary N) is 1. The van der Waals surface area contributed by atoms with Crippen LogP contribution in [0.15, 0.2) is 21.7 Å². The molecule has 21 heavy (non-hydrogen) atoms. The number of rotatable bonds is 11. The molecule has 0 aromatic carbocycles. The van der Waals surface area contributed by atoms with Gasteiger partial charge in [0, 0.05) is 11.4 Å². The molecule has 0 spiro atoms. The molecule has 7 heteroatoms. The molecule has 1 aromatic heterocycles. The quantitative estimate of drug-likeness (QED) is 0.359. The van der Waals surface area contributed by atoms with Crippen molar-refractivity contribution in [1.29, 1.82) is 0 Å². The molecule has 1 N–H and O–H groups in total. The van der Waals surface area contributed by atoms with Gasteiger partial charge in [0.2, 0.25) is 0 Å². The Labute approximate surface area is 137 Å². The average molecular weight is 379 g/mol. The van der Waals surface area contributed by atoms with E-state index in [1.54, 1.807) is 6.08 Å². The summed E-state index contributed by atoms with van der Waals surface area (Å²) < 4.78 is 26.4. The minimum atomic E-state index is -1.13. The maximum absolute atomic E-state index is 11.9. The van der Waals surface area contributed by atoms with Crippen LogP contribution in [0.2, 0.25) is 0 Å². The van der Waals surface area contributed by atoms with Crippen molar-refractivity contribution in [3.05, 3.63) is 22.9 Å². The molecular formula is C14H23BrN2O3S. The first-order valence-electron chi connectivity index (χ1n) is 7.18. The maximum Gasteiger partial charge on any atom is 0.268 e. The number of hydrogen-bond acceptors (Lipinski definition) is 5. The molecule has 5 nitrogen and oxygen atoms in total. The van der Waals surface area contributed by atoms with Crippen LogP contribution in [0.25, 0.3) is 0 Å². The second-order valence-corrected chi connectivity index (χ2v) is 6.73. The van der Waals surface area contributed by atoms with Gasteiger partial charge in [-0.05, 0) is 33.9 Å². The normalized spacial score (nSPS) is 13.9. The van der Waals surface area contributed by atoms with E-state index in [4.69, 9.17) is 9.26 Å². The molecule has 0 aliphatic carbocycles. The highest BCUT2D eigenvalue weighted by atomic mass is 79.9.